The van der Waals surface area contributed by atoms with E-state index in [1.165, 1.54) is 31.3 Å². The molecule has 9 heteroatoms. The van der Waals surface area contributed by atoms with Gasteiger partial charge in [-0.1, -0.05) is 29.5 Å². The lowest BCUT2D eigenvalue weighted by atomic mass is 9.98. The van der Waals surface area contributed by atoms with Gasteiger partial charge in [-0.05, 0) is 48.0 Å². The lowest BCUT2D eigenvalue weighted by Crippen LogP contribution is -2.29. The van der Waals surface area contributed by atoms with Gasteiger partial charge in [0.2, 0.25) is 5.76 Å². The fourth-order valence-electron chi connectivity index (χ4n) is 4.44. The van der Waals surface area contributed by atoms with Gasteiger partial charge in [-0.25, -0.2) is 9.37 Å². The molecule has 1 atom stereocenters. The van der Waals surface area contributed by atoms with Crippen LogP contribution in [0.5, 0.6) is 11.5 Å². The van der Waals surface area contributed by atoms with Crippen molar-refractivity contribution < 1.29 is 23.1 Å². The molecule has 0 bridgehead atoms. The molecule has 1 unspecified atom stereocenters. The third kappa shape index (κ3) is 3.19. The smallest absolute Gasteiger partial charge is 0.297 e. The number of halogens is 1. The van der Waals surface area contributed by atoms with Crippen LogP contribution in [0.2, 0.25) is 0 Å². The minimum Gasteiger partial charge on any atom is -0.493 e. The van der Waals surface area contributed by atoms with Crippen LogP contribution in [0.4, 0.5) is 9.52 Å². The van der Waals surface area contributed by atoms with Crippen molar-refractivity contribution in [2.24, 2.45) is 0 Å². The zero-order chi connectivity index (χ0) is 24.3. The Morgan fingerprint density at radius 2 is 1.80 bits per heavy atom. The number of nitrogens with zero attached hydrogens (tertiary/aromatic N) is 2. The number of anilines is 1. The van der Waals surface area contributed by atoms with Crippen LogP contribution in [0.15, 0.2) is 69.9 Å². The van der Waals surface area contributed by atoms with Crippen LogP contribution in [0.25, 0.3) is 21.2 Å². The Kier molecular flexibility index (Phi) is 4.82. The Morgan fingerprint density at radius 3 is 2.60 bits per heavy atom. The van der Waals surface area contributed by atoms with Crippen molar-refractivity contribution in [3.8, 4) is 11.5 Å². The molecule has 6 rings (SSSR count). The second kappa shape index (κ2) is 7.92. The number of rotatable bonds is 4. The van der Waals surface area contributed by atoms with E-state index < -0.39 is 17.8 Å². The lowest BCUT2D eigenvalue weighted by molar-refractivity contribution is 0.0971. The summed E-state index contributed by atoms with van der Waals surface area (Å²) >= 11 is 1.16. The maximum absolute atomic E-state index is 13.8. The molecule has 3 heterocycles. The number of hydrogen-bond acceptors (Lipinski definition) is 7. The molecule has 1 aliphatic heterocycles. The number of aromatic nitrogens is 1. The first-order valence-corrected chi connectivity index (χ1v) is 11.5. The molecular weight excluding hydrogens is 471 g/mol. The van der Waals surface area contributed by atoms with Crippen LogP contribution in [0.3, 0.4) is 0 Å². The van der Waals surface area contributed by atoms with Crippen LogP contribution < -0.4 is 19.8 Å². The monoisotopic (exact) mass is 488 g/mol. The minimum atomic E-state index is -0.830. The molecule has 7 nitrogen and oxygen atoms in total. The van der Waals surface area contributed by atoms with E-state index in [0.717, 1.165) is 11.3 Å². The first-order valence-electron chi connectivity index (χ1n) is 10.7. The molecule has 2 aromatic heterocycles. The quantitative estimate of drug-likeness (QED) is 0.341. The second-order valence-electron chi connectivity index (χ2n) is 7.97. The van der Waals surface area contributed by atoms with Gasteiger partial charge in [-0.3, -0.25) is 14.5 Å². The molecule has 5 aromatic rings. The fourth-order valence-corrected chi connectivity index (χ4v) is 5.46. The maximum Gasteiger partial charge on any atom is 0.297 e. The predicted octanol–water partition coefficient (Wildman–Crippen LogP) is 5.31. The Labute approximate surface area is 202 Å². The number of benzene rings is 3. The molecule has 3 aromatic carbocycles. The van der Waals surface area contributed by atoms with E-state index in [1.807, 2.05) is 0 Å². The second-order valence-corrected chi connectivity index (χ2v) is 8.98. The number of carbonyl (C=O) groups is 1. The van der Waals surface area contributed by atoms with Crippen molar-refractivity contribution in [2.75, 3.05) is 19.1 Å². The highest BCUT2D eigenvalue weighted by Gasteiger charge is 2.45. The van der Waals surface area contributed by atoms with E-state index in [0.29, 0.717) is 43.4 Å². The standard InChI is InChI=1S/C26H17FN2O5S/c1-32-18-10-7-13(11-19(18)33-2)22-21-23(30)15-5-3-4-6-17(15)34-24(21)25(31)29(22)26-28-16-9-8-14(27)12-20(16)35-26/h3-12,22H,1-2H3. The first-order chi connectivity index (χ1) is 17.0. The van der Waals surface area contributed by atoms with Gasteiger partial charge in [-0.15, -0.1) is 0 Å². The molecule has 35 heavy (non-hydrogen) atoms. The van der Waals surface area contributed by atoms with Gasteiger partial charge in [0.05, 0.1) is 41.4 Å². The summed E-state index contributed by atoms with van der Waals surface area (Å²) in [5.74, 6) is 0.0140. The van der Waals surface area contributed by atoms with Crippen molar-refractivity contribution in [1.82, 2.24) is 4.98 Å². The van der Waals surface area contributed by atoms with Crippen LogP contribution in [-0.4, -0.2) is 25.1 Å². The molecule has 0 radical (unpaired) electrons. The molecule has 0 saturated heterocycles. The first kappa shape index (κ1) is 21.3. The SMILES string of the molecule is COc1ccc(C2c3c(oc4ccccc4c3=O)C(=O)N2c2nc3ccc(F)cc3s2)cc1OC. The summed E-state index contributed by atoms with van der Waals surface area (Å²) in [6, 6.07) is 15.4. The summed E-state index contributed by atoms with van der Waals surface area (Å²) in [6.07, 6.45) is 0. The third-order valence-electron chi connectivity index (χ3n) is 6.05. The summed E-state index contributed by atoms with van der Waals surface area (Å²) in [6.45, 7) is 0. The van der Waals surface area contributed by atoms with Gasteiger partial charge in [-0.2, -0.15) is 0 Å². The van der Waals surface area contributed by atoms with E-state index >= 15 is 0 Å². The highest BCUT2D eigenvalue weighted by atomic mass is 32.1. The number of carbonyl (C=O) groups excluding carboxylic acids is 1. The number of hydrogen-bond donors (Lipinski definition) is 0. The van der Waals surface area contributed by atoms with E-state index in [2.05, 4.69) is 4.98 Å². The van der Waals surface area contributed by atoms with Gasteiger partial charge in [0.15, 0.2) is 22.1 Å². The summed E-state index contributed by atoms with van der Waals surface area (Å²) < 4.78 is 31.2. The summed E-state index contributed by atoms with van der Waals surface area (Å²) in [5, 5.41) is 0.697. The normalized spacial score (nSPS) is 15.1. The van der Waals surface area contributed by atoms with Gasteiger partial charge in [0.25, 0.3) is 5.91 Å². The van der Waals surface area contributed by atoms with E-state index in [1.54, 1.807) is 48.5 Å². The predicted molar refractivity (Wildman–Crippen MR) is 130 cm³/mol. The average molecular weight is 488 g/mol. The molecule has 0 saturated carbocycles. The molecular formula is C26H17FN2O5S. The van der Waals surface area contributed by atoms with Crippen molar-refractivity contribution >= 4 is 43.6 Å². The van der Waals surface area contributed by atoms with Crippen molar-refractivity contribution in [3.05, 3.63) is 93.6 Å². The highest BCUT2D eigenvalue weighted by Crippen LogP contribution is 2.45. The number of ether oxygens (including phenoxy) is 2. The van der Waals surface area contributed by atoms with Crippen LogP contribution >= 0.6 is 11.3 Å². The number of amides is 1. The Morgan fingerprint density at radius 1 is 1.00 bits per heavy atom. The number of para-hydroxylation sites is 1. The number of fused-ring (bicyclic) bond motifs is 3. The van der Waals surface area contributed by atoms with E-state index in [-0.39, 0.29) is 16.8 Å². The molecule has 0 aliphatic carbocycles. The molecule has 1 aliphatic rings. The minimum absolute atomic E-state index is 0.0427. The number of methoxy groups -OCH3 is 2. The van der Waals surface area contributed by atoms with Crippen LogP contribution in [0.1, 0.15) is 27.7 Å². The summed E-state index contributed by atoms with van der Waals surface area (Å²) in [4.78, 5) is 33.4. The number of thiazole rings is 1. The largest absolute Gasteiger partial charge is 0.493 e. The van der Waals surface area contributed by atoms with Gasteiger partial charge in [0, 0.05) is 0 Å². The third-order valence-corrected chi connectivity index (χ3v) is 7.06. The molecule has 1 amide bonds. The lowest BCUT2D eigenvalue weighted by Gasteiger charge is -2.23. The van der Waals surface area contributed by atoms with Crippen LogP contribution in [-0.2, 0) is 0 Å². The Hall–Kier alpha value is -4.24. The topological polar surface area (TPSA) is 81.9 Å². The molecule has 0 spiro atoms. The average Bonchev–Trinajstić information content (AvgIpc) is 3.42. The van der Waals surface area contributed by atoms with Crippen molar-refractivity contribution in [3.63, 3.8) is 0 Å². The van der Waals surface area contributed by atoms with Crippen LogP contribution in [0, 0.1) is 5.82 Å². The molecule has 174 valence electrons. The summed E-state index contributed by atoms with van der Waals surface area (Å²) in [5.41, 5.74) is 1.40. The van der Waals surface area contributed by atoms with Gasteiger partial charge in [0.1, 0.15) is 11.4 Å². The fraction of sp³-hybridized carbons (Fsp3) is 0.115. The van der Waals surface area contributed by atoms with E-state index in [9.17, 15) is 14.0 Å². The van der Waals surface area contributed by atoms with E-state index in [4.69, 9.17) is 13.9 Å². The molecule has 0 N–H and O–H groups in total. The van der Waals surface area contributed by atoms with Gasteiger partial charge >= 0.3 is 0 Å². The van der Waals surface area contributed by atoms with Gasteiger partial charge < -0.3 is 13.9 Å². The zero-order valence-corrected chi connectivity index (χ0v) is 19.4. The van der Waals surface area contributed by atoms with Crippen molar-refractivity contribution in [2.45, 2.75) is 6.04 Å². The molecule has 0 fully saturated rings. The Balaban J connectivity index is 1.63. The maximum atomic E-state index is 13.8. The highest BCUT2D eigenvalue weighted by molar-refractivity contribution is 7.22. The summed E-state index contributed by atoms with van der Waals surface area (Å²) in [7, 11) is 3.04. The Bertz CT molecular complexity index is 1710. The zero-order valence-electron chi connectivity index (χ0n) is 18.6. The van der Waals surface area contributed by atoms with Crippen molar-refractivity contribution in [1.29, 1.82) is 0 Å².